The van der Waals surface area contributed by atoms with Gasteiger partial charge in [0.1, 0.15) is 23.9 Å². The minimum atomic E-state index is -2.80. The molecule has 2 N–H and O–H groups in total. The van der Waals surface area contributed by atoms with Crippen LogP contribution in [0.2, 0.25) is 5.02 Å². The number of ether oxygens (including phenoxy) is 3. The average Bonchev–Trinajstić information content (AvgIpc) is 2.86. The van der Waals surface area contributed by atoms with Gasteiger partial charge in [-0.15, -0.1) is 0 Å². The third kappa shape index (κ3) is 5.05. The number of nitriles is 1. The number of hydrogen-bond acceptors (Lipinski definition) is 8. The maximum absolute atomic E-state index is 13.1. The Morgan fingerprint density at radius 2 is 1.80 bits per heavy atom. The summed E-state index contributed by atoms with van der Waals surface area (Å²) in [6.07, 6.45) is -2.80. The summed E-state index contributed by atoms with van der Waals surface area (Å²) in [4.78, 5) is 27.2. The Labute approximate surface area is 204 Å². The van der Waals surface area contributed by atoms with Gasteiger partial charge in [0.2, 0.25) is 0 Å². The van der Waals surface area contributed by atoms with Gasteiger partial charge < -0.3 is 19.9 Å². The highest BCUT2D eigenvalue weighted by atomic mass is 35.5. The van der Waals surface area contributed by atoms with E-state index in [1.807, 2.05) is 6.07 Å². The van der Waals surface area contributed by atoms with Crippen LogP contribution < -0.4 is 15.4 Å². The van der Waals surface area contributed by atoms with Crippen molar-refractivity contribution < 1.29 is 32.6 Å². The first kappa shape index (κ1) is 25.5. The molecule has 0 aliphatic carbocycles. The van der Waals surface area contributed by atoms with Crippen molar-refractivity contribution in [1.82, 2.24) is 0 Å². The third-order valence-electron chi connectivity index (χ3n) is 5.14. The van der Waals surface area contributed by atoms with E-state index in [1.165, 1.54) is 18.2 Å². The second kappa shape index (κ2) is 10.9. The summed E-state index contributed by atoms with van der Waals surface area (Å²) >= 11 is 6.15. The zero-order valence-electron chi connectivity index (χ0n) is 18.6. The highest BCUT2D eigenvalue weighted by molar-refractivity contribution is 6.31. The first-order valence-electron chi connectivity index (χ1n) is 10.1. The molecule has 1 unspecified atom stereocenters. The lowest BCUT2D eigenvalue weighted by atomic mass is 9.81. The van der Waals surface area contributed by atoms with Gasteiger partial charge in [0.25, 0.3) is 6.43 Å². The maximum atomic E-state index is 13.1. The van der Waals surface area contributed by atoms with Crippen LogP contribution in [0.1, 0.15) is 11.5 Å². The molecule has 182 valence electrons. The number of halogens is 3. The van der Waals surface area contributed by atoms with E-state index >= 15 is 0 Å². The predicted molar refractivity (Wildman–Crippen MR) is 122 cm³/mol. The number of esters is 2. The number of benzene rings is 2. The molecule has 1 aliphatic rings. The predicted octanol–water partition coefficient (Wildman–Crippen LogP) is 3.88. The average molecular weight is 504 g/mol. The van der Waals surface area contributed by atoms with E-state index in [0.717, 1.165) is 19.1 Å². The van der Waals surface area contributed by atoms with Crippen LogP contribution in [0.3, 0.4) is 0 Å². The largest absolute Gasteiger partial charge is 0.485 e. The first-order chi connectivity index (χ1) is 16.7. The summed E-state index contributed by atoms with van der Waals surface area (Å²) < 4.78 is 40.9. The van der Waals surface area contributed by atoms with Gasteiger partial charge in [-0.25, -0.2) is 18.4 Å². The van der Waals surface area contributed by atoms with Crippen molar-refractivity contribution in [3.05, 3.63) is 81.8 Å². The Kier molecular flexibility index (Phi) is 7.94. The molecule has 0 bridgehead atoms. The lowest BCUT2D eigenvalue weighted by molar-refractivity contribution is -0.139. The third-order valence-corrected chi connectivity index (χ3v) is 5.37. The van der Waals surface area contributed by atoms with E-state index in [0.29, 0.717) is 5.56 Å². The molecule has 3 rings (SSSR count). The van der Waals surface area contributed by atoms with Gasteiger partial charge in [-0.3, -0.25) is 4.90 Å². The van der Waals surface area contributed by atoms with Crippen LogP contribution in [0.5, 0.6) is 5.75 Å². The fraction of sp³-hybridized carbons (Fsp3) is 0.208. The molecule has 0 radical (unpaired) electrons. The molecule has 1 heterocycles. The highest BCUT2D eigenvalue weighted by Crippen LogP contribution is 2.45. The number of rotatable bonds is 7. The summed E-state index contributed by atoms with van der Waals surface area (Å²) in [5.41, 5.74) is 6.11. The van der Waals surface area contributed by atoms with Gasteiger partial charge in [-0.1, -0.05) is 41.9 Å². The molecule has 0 aromatic heterocycles. The van der Waals surface area contributed by atoms with Gasteiger partial charge >= 0.3 is 11.9 Å². The minimum Gasteiger partial charge on any atom is -0.485 e. The summed E-state index contributed by atoms with van der Waals surface area (Å²) in [5.74, 6) is -3.38. The Hall–Kier alpha value is -4.10. The second-order valence-corrected chi connectivity index (χ2v) is 7.59. The molecule has 0 amide bonds. The van der Waals surface area contributed by atoms with Crippen molar-refractivity contribution in [2.45, 2.75) is 12.3 Å². The van der Waals surface area contributed by atoms with E-state index in [9.17, 15) is 23.6 Å². The molecule has 1 aliphatic heterocycles. The van der Waals surface area contributed by atoms with Gasteiger partial charge in [0.05, 0.1) is 43.0 Å². The monoisotopic (exact) mass is 503 g/mol. The van der Waals surface area contributed by atoms with Crippen LogP contribution in [0, 0.1) is 11.3 Å². The Morgan fingerprint density at radius 1 is 1.14 bits per heavy atom. The molecule has 0 saturated heterocycles. The van der Waals surface area contributed by atoms with E-state index in [4.69, 9.17) is 31.5 Å². The number of allylic oxidation sites excluding steroid dienone is 1. The molecule has 2 aromatic carbocycles. The van der Waals surface area contributed by atoms with Crippen LogP contribution in [0.15, 0.2) is 71.2 Å². The van der Waals surface area contributed by atoms with E-state index in [-0.39, 0.29) is 39.1 Å². The summed E-state index contributed by atoms with van der Waals surface area (Å²) in [6, 6.07) is 14.4. The van der Waals surface area contributed by atoms with Crippen LogP contribution in [-0.4, -0.2) is 39.2 Å². The molecular formula is C24H20ClF2N3O5. The van der Waals surface area contributed by atoms with Crippen molar-refractivity contribution in [1.29, 1.82) is 5.26 Å². The van der Waals surface area contributed by atoms with Crippen molar-refractivity contribution in [2.75, 3.05) is 25.7 Å². The molecule has 8 nitrogen and oxygen atoms in total. The Balaban J connectivity index is 2.40. The number of alkyl halides is 2. The quantitative estimate of drug-likeness (QED) is 0.566. The molecule has 35 heavy (non-hydrogen) atoms. The molecule has 2 aromatic rings. The lowest BCUT2D eigenvalue weighted by Crippen LogP contribution is -2.41. The van der Waals surface area contributed by atoms with E-state index in [2.05, 4.69) is 0 Å². The number of nitrogens with two attached hydrogens (primary N) is 1. The van der Waals surface area contributed by atoms with Crippen LogP contribution in [-0.2, 0) is 19.1 Å². The summed E-state index contributed by atoms with van der Waals surface area (Å²) in [5, 5.41) is 10.2. The molecule has 0 spiro atoms. The van der Waals surface area contributed by atoms with Gasteiger partial charge in [0, 0.05) is 5.02 Å². The topological polar surface area (TPSA) is 115 Å². The fourth-order valence-electron chi connectivity index (χ4n) is 3.70. The highest BCUT2D eigenvalue weighted by Gasteiger charge is 2.43. The molecule has 0 fully saturated rings. The zero-order valence-corrected chi connectivity index (χ0v) is 19.4. The number of carbonyl (C=O) groups is 2. The van der Waals surface area contributed by atoms with Gasteiger partial charge in [0.15, 0.2) is 0 Å². The standard InChI is InChI=1S/C24H20ClF2N3O5/c1-33-23(31)20-19(13-6-4-3-5-7-13)15(11-28)22(29)30(21(20)24(32)34-2)16-10-14(25)8-9-17(16)35-12-18(26)27/h3-10,18-19H,12,29H2,1-2H3. The second-order valence-electron chi connectivity index (χ2n) is 7.15. The minimum absolute atomic E-state index is 0.0586. The first-order valence-corrected chi connectivity index (χ1v) is 10.5. The van der Waals surface area contributed by atoms with E-state index < -0.39 is 30.9 Å². The smallest absolute Gasteiger partial charge is 0.355 e. The number of carbonyl (C=O) groups excluding carboxylic acids is 2. The van der Waals surface area contributed by atoms with Crippen LogP contribution in [0.4, 0.5) is 14.5 Å². The summed E-state index contributed by atoms with van der Waals surface area (Å²) in [7, 11) is 2.20. The molecule has 1 atom stereocenters. The number of nitrogens with zero attached hydrogens (tertiary/aromatic N) is 2. The normalized spacial score (nSPS) is 15.7. The van der Waals surface area contributed by atoms with Crippen molar-refractivity contribution in [3.63, 3.8) is 0 Å². The Bertz CT molecular complexity index is 1240. The van der Waals surface area contributed by atoms with Gasteiger partial charge in [-0.05, 0) is 23.8 Å². The van der Waals surface area contributed by atoms with Gasteiger partial charge in [-0.2, -0.15) is 5.26 Å². The van der Waals surface area contributed by atoms with E-state index in [1.54, 1.807) is 30.3 Å². The molecular weight excluding hydrogens is 484 g/mol. The Morgan fingerprint density at radius 3 is 2.37 bits per heavy atom. The number of methoxy groups -OCH3 is 2. The zero-order chi connectivity index (χ0) is 25.7. The lowest BCUT2D eigenvalue weighted by Gasteiger charge is -2.36. The SMILES string of the molecule is COC(=O)C1=C(C(=O)OC)N(c2cc(Cl)ccc2OCC(F)F)C(N)=C(C#N)C1c1ccccc1. The molecule has 11 heteroatoms. The summed E-state index contributed by atoms with van der Waals surface area (Å²) in [6.45, 7) is -0.967. The van der Waals surface area contributed by atoms with Crippen molar-refractivity contribution >= 4 is 29.2 Å². The van der Waals surface area contributed by atoms with Crippen molar-refractivity contribution in [3.8, 4) is 11.8 Å². The van der Waals surface area contributed by atoms with Crippen molar-refractivity contribution in [2.24, 2.45) is 5.73 Å². The van der Waals surface area contributed by atoms with Crippen LogP contribution >= 0.6 is 11.6 Å². The molecule has 0 saturated carbocycles. The fourth-order valence-corrected chi connectivity index (χ4v) is 3.87. The number of hydrogen-bond donors (Lipinski definition) is 1. The number of anilines is 1. The maximum Gasteiger partial charge on any atom is 0.355 e. The van der Waals surface area contributed by atoms with Crippen LogP contribution in [0.25, 0.3) is 0 Å².